The van der Waals surface area contributed by atoms with Crippen molar-refractivity contribution in [3.05, 3.63) is 91.0 Å². The van der Waals surface area contributed by atoms with Crippen molar-refractivity contribution < 1.29 is 24.4 Å². The molecule has 0 bridgehead atoms. The van der Waals surface area contributed by atoms with E-state index in [1.165, 1.54) is 0 Å². The third-order valence-electron chi connectivity index (χ3n) is 4.45. The Morgan fingerprint density at radius 2 is 0.862 bits per heavy atom. The van der Waals surface area contributed by atoms with E-state index >= 15 is 0 Å². The van der Waals surface area contributed by atoms with Crippen molar-refractivity contribution in [3.8, 4) is 0 Å². The molecule has 0 unspecified atom stereocenters. The van der Waals surface area contributed by atoms with Crippen molar-refractivity contribution in [1.29, 1.82) is 0 Å². The van der Waals surface area contributed by atoms with Gasteiger partial charge in [0.2, 0.25) is 0 Å². The minimum atomic E-state index is -5.97. The van der Waals surface area contributed by atoms with Crippen LogP contribution in [0.1, 0.15) is 0 Å². The van der Waals surface area contributed by atoms with Crippen LogP contribution in [0.2, 0.25) is 0 Å². The van der Waals surface area contributed by atoms with E-state index in [4.69, 9.17) is 6.03 Å². The van der Waals surface area contributed by atoms with Gasteiger partial charge >= 0.3 is 169 Å². The Morgan fingerprint density at radius 1 is 0.586 bits per heavy atom. The second-order valence-corrected chi connectivity index (χ2v) is 17.1. The van der Waals surface area contributed by atoms with Gasteiger partial charge in [0.25, 0.3) is 0 Å². The van der Waals surface area contributed by atoms with Crippen molar-refractivity contribution in [2.75, 3.05) is 13.3 Å². The summed E-state index contributed by atoms with van der Waals surface area (Å²) in [6.45, 7) is -2.83. The first-order valence-electron chi connectivity index (χ1n) is 8.83. The molecule has 0 spiro atoms. The van der Waals surface area contributed by atoms with E-state index in [0.717, 1.165) is 0 Å². The fourth-order valence-electron chi connectivity index (χ4n) is 3.32. The summed E-state index contributed by atoms with van der Waals surface area (Å²) in [5, 5.41) is 0. The zero-order chi connectivity index (χ0) is 20.8. The van der Waals surface area contributed by atoms with Gasteiger partial charge in [-0.05, 0) is 0 Å². The molecule has 0 heterocycles. The second-order valence-electron chi connectivity index (χ2n) is 6.16. The second kappa shape index (κ2) is 8.74. The zero-order valence-electron chi connectivity index (χ0n) is 15.4. The van der Waals surface area contributed by atoms with Crippen LogP contribution in [-0.4, -0.2) is 43.5 Å². The molecule has 0 aliphatic heterocycles. The normalized spacial score (nSPS) is 12.4. The first-order valence-corrected chi connectivity index (χ1v) is 14.7. The van der Waals surface area contributed by atoms with Crippen LogP contribution in [0.15, 0.2) is 91.0 Å². The number of hydrogen-bond acceptors (Lipinski definition) is 4. The van der Waals surface area contributed by atoms with Gasteiger partial charge in [0.05, 0.1) is 0 Å². The molecule has 3 aromatic rings. The Hall–Kier alpha value is -2.72. The number of alkyl halides is 2. The SMILES string of the molecule is O=C(CF)[O][Sb]([O]C(=O)CF)([c]1ccccc1)([c]1ccccc1)[c]1ccccc1. The molecule has 3 rings (SSSR count). The molecule has 3 aromatic carbocycles. The first kappa shape index (κ1) is 21.0. The van der Waals surface area contributed by atoms with E-state index in [1.54, 1.807) is 91.0 Å². The summed E-state index contributed by atoms with van der Waals surface area (Å²) >= 11 is -5.97. The minimum absolute atomic E-state index is 0.404. The van der Waals surface area contributed by atoms with E-state index in [1.807, 2.05) is 0 Å². The molecule has 0 saturated carbocycles. The Bertz CT molecular complexity index is 860. The molecule has 0 amide bonds. The molecule has 0 aliphatic carbocycles. The third-order valence-corrected chi connectivity index (χ3v) is 18.2. The molecule has 0 aromatic heterocycles. The Kier molecular flexibility index (Phi) is 6.33. The quantitative estimate of drug-likeness (QED) is 0.461. The molecule has 0 radical (unpaired) electrons. The van der Waals surface area contributed by atoms with Crippen LogP contribution < -0.4 is 10.5 Å². The number of halogens is 2. The van der Waals surface area contributed by atoms with Crippen LogP contribution in [0.25, 0.3) is 0 Å². The molecule has 0 aliphatic rings. The molecule has 4 nitrogen and oxygen atoms in total. The topological polar surface area (TPSA) is 52.6 Å². The van der Waals surface area contributed by atoms with Crippen molar-refractivity contribution in [1.82, 2.24) is 0 Å². The molecular formula is C22H19F2O4Sb. The molecule has 29 heavy (non-hydrogen) atoms. The van der Waals surface area contributed by atoms with E-state index < -0.39 is 43.5 Å². The van der Waals surface area contributed by atoms with Gasteiger partial charge in [-0.3, -0.25) is 0 Å². The number of benzene rings is 3. The van der Waals surface area contributed by atoms with Crippen molar-refractivity contribution >= 4 is 40.7 Å². The number of rotatable bonds is 7. The van der Waals surface area contributed by atoms with Crippen LogP contribution in [0, 0.1) is 0 Å². The van der Waals surface area contributed by atoms with Gasteiger partial charge in [-0.1, -0.05) is 0 Å². The van der Waals surface area contributed by atoms with Gasteiger partial charge in [-0.2, -0.15) is 0 Å². The Morgan fingerprint density at radius 3 is 1.10 bits per heavy atom. The fraction of sp³-hybridized carbons (Fsp3) is 0.0909. The monoisotopic (exact) mass is 506 g/mol. The van der Waals surface area contributed by atoms with Crippen LogP contribution >= 0.6 is 0 Å². The van der Waals surface area contributed by atoms with Crippen LogP contribution in [-0.2, 0) is 15.6 Å². The predicted octanol–water partition coefficient (Wildman–Crippen LogP) is 2.13. The summed E-state index contributed by atoms with van der Waals surface area (Å²) in [6.07, 6.45) is 0. The zero-order valence-corrected chi connectivity index (χ0v) is 18.0. The summed E-state index contributed by atoms with van der Waals surface area (Å²) in [4.78, 5) is 24.8. The number of carbonyl (C=O) groups is 2. The Balaban J connectivity index is 2.53. The standard InChI is InChI=1S/3C6H5.2C2H3FO2.Sb/c3*1-2-4-6-5-3-1;2*3-1-2(4)5;/h3*1-5H;2*1H2,(H,4,5);/q;;;;;+2/p-2. The Labute approximate surface area is 169 Å². The van der Waals surface area contributed by atoms with E-state index in [-0.39, 0.29) is 0 Å². The van der Waals surface area contributed by atoms with Gasteiger partial charge in [0.1, 0.15) is 0 Å². The van der Waals surface area contributed by atoms with E-state index in [9.17, 15) is 18.4 Å². The van der Waals surface area contributed by atoms with E-state index in [2.05, 4.69) is 0 Å². The summed E-state index contributed by atoms with van der Waals surface area (Å²) in [5.41, 5.74) is 0. The first-order chi connectivity index (χ1) is 14.1. The van der Waals surface area contributed by atoms with Gasteiger partial charge in [-0.15, -0.1) is 0 Å². The summed E-state index contributed by atoms with van der Waals surface area (Å²) in [7, 11) is 0. The average Bonchev–Trinajstić information content (AvgIpc) is 2.80. The summed E-state index contributed by atoms with van der Waals surface area (Å²) < 4.78 is 39.8. The molecular weight excluding hydrogens is 488 g/mol. The van der Waals surface area contributed by atoms with Crippen LogP contribution in [0.4, 0.5) is 8.78 Å². The fourth-order valence-corrected chi connectivity index (χ4v) is 16.4. The molecule has 0 saturated heterocycles. The maximum atomic E-state index is 13.4. The third kappa shape index (κ3) is 3.65. The van der Waals surface area contributed by atoms with Crippen molar-refractivity contribution in [2.45, 2.75) is 0 Å². The van der Waals surface area contributed by atoms with Crippen molar-refractivity contribution in [2.24, 2.45) is 0 Å². The van der Waals surface area contributed by atoms with Gasteiger partial charge < -0.3 is 0 Å². The molecule has 0 N–H and O–H groups in total. The molecule has 0 atom stereocenters. The van der Waals surface area contributed by atoms with E-state index in [0.29, 0.717) is 10.5 Å². The predicted molar refractivity (Wildman–Crippen MR) is 108 cm³/mol. The summed E-state index contributed by atoms with van der Waals surface area (Å²) in [5.74, 6) is -2.37. The summed E-state index contributed by atoms with van der Waals surface area (Å²) in [6, 6.07) is 25.3. The number of hydrogen-bond donors (Lipinski definition) is 0. The maximum absolute atomic E-state index is 13.4. The number of carbonyl (C=O) groups excluding carboxylic acids is 2. The molecule has 0 fully saturated rings. The van der Waals surface area contributed by atoms with Crippen LogP contribution in [0.3, 0.4) is 0 Å². The van der Waals surface area contributed by atoms with Gasteiger partial charge in [0.15, 0.2) is 0 Å². The average molecular weight is 507 g/mol. The molecule has 150 valence electrons. The molecule has 7 heteroatoms. The van der Waals surface area contributed by atoms with Gasteiger partial charge in [-0.25, -0.2) is 0 Å². The van der Waals surface area contributed by atoms with Gasteiger partial charge in [0, 0.05) is 0 Å². The van der Waals surface area contributed by atoms with Crippen LogP contribution in [0.5, 0.6) is 0 Å². The van der Waals surface area contributed by atoms with Crippen molar-refractivity contribution in [3.63, 3.8) is 0 Å².